The molecule has 0 unspecified atom stereocenters. The maximum absolute atomic E-state index is 12.0. The Balaban J connectivity index is 1.75. The van der Waals surface area contributed by atoms with E-state index in [0.29, 0.717) is 32.4 Å². The topological polar surface area (TPSA) is 69.7 Å². The monoisotopic (exact) mass is 339 g/mol. The zero-order valence-electron chi connectivity index (χ0n) is 13.7. The molecule has 0 atom stereocenters. The lowest BCUT2D eigenvalue weighted by atomic mass is 10.1. The standard InChI is InChI=1S/C16H25N3O3S/c1-18(2)23(21,22)19-12-10-15(11-13-19)17-16(20)9-8-14-6-4-3-5-7-14/h3-7,15H,8-13H2,1-2H3,(H,17,20). The molecule has 128 valence electrons. The SMILES string of the molecule is CN(C)S(=O)(=O)N1CCC(NC(=O)CCc2ccccc2)CC1. The number of nitrogens with zero attached hydrogens (tertiary/aromatic N) is 2. The van der Waals surface area contributed by atoms with E-state index in [1.165, 1.54) is 22.7 Å². The van der Waals surface area contributed by atoms with Gasteiger partial charge in [-0.1, -0.05) is 30.3 Å². The second-order valence-corrected chi connectivity index (χ2v) is 8.16. The second-order valence-electron chi connectivity index (χ2n) is 6.02. The summed E-state index contributed by atoms with van der Waals surface area (Å²) in [4.78, 5) is 12.0. The van der Waals surface area contributed by atoms with Crippen molar-refractivity contribution in [3.05, 3.63) is 35.9 Å². The van der Waals surface area contributed by atoms with E-state index in [4.69, 9.17) is 0 Å². The summed E-state index contributed by atoms with van der Waals surface area (Å²) in [7, 11) is -0.275. The fourth-order valence-electron chi connectivity index (χ4n) is 2.66. The number of hydrogen-bond acceptors (Lipinski definition) is 3. The second kappa shape index (κ2) is 7.90. The predicted molar refractivity (Wildman–Crippen MR) is 90.1 cm³/mol. The Morgan fingerprint density at radius 2 is 1.83 bits per heavy atom. The van der Waals surface area contributed by atoms with Gasteiger partial charge in [-0.25, -0.2) is 0 Å². The third kappa shape index (κ3) is 5.02. The molecule has 1 N–H and O–H groups in total. The van der Waals surface area contributed by atoms with Crippen molar-refractivity contribution >= 4 is 16.1 Å². The minimum Gasteiger partial charge on any atom is -0.353 e. The van der Waals surface area contributed by atoms with Gasteiger partial charge < -0.3 is 5.32 Å². The number of carbonyl (C=O) groups excluding carboxylic acids is 1. The van der Waals surface area contributed by atoms with Crippen LogP contribution in [-0.4, -0.2) is 56.2 Å². The van der Waals surface area contributed by atoms with Crippen molar-refractivity contribution in [1.29, 1.82) is 0 Å². The number of hydrogen-bond donors (Lipinski definition) is 1. The van der Waals surface area contributed by atoms with Crippen LogP contribution in [0.15, 0.2) is 30.3 Å². The van der Waals surface area contributed by atoms with Crippen LogP contribution in [0.4, 0.5) is 0 Å². The number of benzene rings is 1. The maximum Gasteiger partial charge on any atom is 0.281 e. The van der Waals surface area contributed by atoms with Crippen LogP contribution in [0, 0.1) is 0 Å². The molecule has 6 nitrogen and oxygen atoms in total. The number of aryl methyl sites for hydroxylation is 1. The van der Waals surface area contributed by atoms with Crippen LogP contribution in [0.1, 0.15) is 24.8 Å². The van der Waals surface area contributed by atoms with Gasteiger partial charge >= 0.3 is 0 Å². The molecular formula is C16H25N3O3S. The minimum atomic E-state index is -3.34. The normalized spacial score (nSPS) is 17.3. The number of nitrogens with one attached hydrogen (secondary N) is 1. The first-order valence-corrected chi connectivity index (χ1v) is 9.30. The van der Waals surface area contributed by atoms with Gasteiger partial charge in [0.05, 0.1) is 0 Å². The smallest absolute Gasteiger partial charge is 0.281 e. The number of carbonyl (C=O) groups is 1. The summed E-state index contributed by atoms with van der Waals surface area (Å²) in [5.41, 5.74) is 1.15. The van der Waals surface area contributed by atoms with Gasteiger partial charge in [0.2, 0.25) is 5.91 Å². The predicted octanol–water partition coefficient (Wildman–Crippen LogP) is 1.01. The van der Waals surface area contributed by atoms with E-state index in [1.807, 2.05) is 30.3 Å². The van der Waals surface area contributed by atoms with E-state index < -0.39 is 10.2 Å². The third-order valence-electron chi connectivity index (χ3n) is 4.09. The van der Waals surface area contributed by atoms with Gasteiger partial charge in [-0.3, -0.25) is 4.79 Å². The lowest BCUT2D eigenvalue weighted by Gasteiger charge is -2.33. The molecule has 1 heterocycles. The molecule has 1 aliphatic heterocycles. The molecule has 0 saturated carbocycles. The van der Waals surface area contributed by atoms with Crippen molar-refractivity contribution < 1.29 is 13.2 Å². The Kier molecular flexibility index (Phi) is 6.15. The highest BCUT2D eigenvalue weighted by Gasteiger charge is 2.29. The van der Waals surface area contributed by atoms with E-state index in [0.717, 1.165) is 12.0 Å². The molecule has 0 spiro atoms. The van der Waals surface area contributed by atoms with E-state index in [-0.39, 0.29) is 11.9 Å². The molecule has 0 aromatic heterocycles. The molecule has 1 aromatic rings. The largest absolute Gasteiger partial charge is 0.353 e. The molecule has 0 radical (unpaired) electrons. The summed E-state index contributed by atoms with van der Waals surface area (Å²) in [6.07, 6.45) is 2.50. The van der Waals surface area contributed by atoms with E-state index in [1.54, 1.807) is 0 Å². The molecule has 1 aliphatic rings. The van der Waals surface area contributed by atoms with Gasteiger partial charge in [0.15, 0.2) is 0 Å². The fraction of sp³-hybridized carbons (Fsp3) is 0.562. The van der Waals surface area contributed by atoms with Crippen molar-refractivity contribution in [2.24, 2.45) is 0 Å². The Morgan fingerprint density at radius 1 is 1.22 bits per heavy atom. The van der Waals surface area contributed by atoms with Crippen molar-refractivity contribution in [2.75, 3.05) is 27.2 Å². The highest BCUT2D eigenvalue weighted by Crippen LogP contribution is 2.15. The molecule has 1 saturated heterocycles. The molecule has 1 aromatic carbocycles. The van der Waals surface area contributed by atoms with Gasteiger partial charge in [-0.15, -0.1) is 0 Å². The Morgan fingerprint density at radius 3 is 2.39 bits per heavy atom. The maximum atomic E-state index is 12.0. The van der Waals surface area contributed by atoms with Crippen molar-refractivity contribution in [3.8, 4) is 0 Å². The molecule has 1 amide bonds. The lowest BCUT2D eigenvalue weighted by molar-refractivity contribution is -0.122. The van der Waals surface area contributed by atoms with E-state index in [9.17, 15) is 13.2 Å². The van der Waals surface area contributed by atoms with Gasteiger partial charge in [0, 0.05) is 39.6 Å². The van der Waals surface area contributed by atoms with Gasteiger partial charge in [-0.2, -0.15) is 17.0 Å². The quantitative estimate of drug-likeness (QED) is 0.841. The Labute approximate surface area is 138 Å². The Bertz CT molecular complexity index is 609. The van der Waals surface area contributed by atoms with E-state index >= 15 is 0 Å². The zero-order chi connectivity index (χ0) is 16.9. The first-order valence-electron chi connectivity index (χ1n) is 7.90. The van der Waals surface area contributed by atoms with Crippen LogP contribution >= 0.6 is 0 Å². The molecular weight excluding hydrogens is 314 g/mol. The van der Waals surface area contributed by atoms with Gasteiger partial charge in [0.1, 0.15) is 0 Å². The van der Waals surface area contributed by atoms with Crippen LogP contribution in [-0.2, 0) is 21.4 Å². The van der Waals surface area contributed by atoms with Crippen LogP contribution in [0.5, 0.6) is 0 Å². The molecule has 0 aliphatic carbocycles. The molecule has 2 rings (SSSR count). The van der Waals surface area contributed by atoms with Gasteiger partial charge in [0.25, 0.3) is 10.2 Å². The van der Waals surface area contributed by atoms with Crippen molar-refractivity contribution in [3.63, 3.8) is 0 Å². The average Bonchev–Trinajstić information content (AvgIpc) is 2.54. The summed E-state index contributed by atoms with van der Waals surface area (Å²) >= 11 is 0. The summed E-state index contributed by atoms with van der Waals surface area (Å²) in [5.74, 6) is 0.0303. The number of rotatable bonds is 6. The molecule has 0 bridgehead atoms. The molecule has 7 heteroatoms. The summed E-state index contributed by atoms with van der Waals surface area (Å²) in [6.45, 7) is 0.897. The minimum absolute atomic E-state index is 0.0303. The van der Waals surface area contributed by atoms with Crippen LogP contribution in [0.2, 0.25) is 0 Å². The lowest BCUT2D eigenvalue weighted by Crippen LogP contribution is -2.49. The highest BCUT2D eigenvalue weighted by molar-refractivity contribution is 7.86. The van der Waals surface area contributed by atoms with E-state index in [2.05, 4.69) is 5.32 Å². The Hall–Kier alpha value is -1.44. The van der Waals surface area contributed by atoms with Crippen molar-refractivity contribution in [1.82, 2.24) is 13.9 Å². The first kappa shape index (κ1) is 17.9. The van der Waals surface area contributed by atoms with Crippen LogP contribution in [0.3, 0.4) is 0 Å². The summed E-state index contributed by atoms with van der Waals surface area (Å²) < 4.78 is 26.8. The third-order valence-corrected chi connectivity index (χ3v) is 6.03. The first-order chi connectivity index (χ1) is 10.9. The van der Waals surface area contributed by atoms with Crippen molar-refractivity contribution in [2.45, 2.75) is 31.7 Å². The van der Waals surface area contributed by atoms with Crippen LogP contribution < -0.4 is 5.32 Å². The molecule has 23 heavy (non-hydrogen) atoms. The number of amides is 1. The number of piperidine rings is 1. The average molecular weight is 339 g/mol. The van der Waals surface area contributed by atoms with Crippen LogP contribution in [0.25, 0.3) is 0 Å². The fourth-order valence-corrected chi connectivity index (χ4v) is 3.80. The summed E-state index contributed by atoms with van der Waals surface area (Å²) in [6, 6.07) is 9.98. The van der Waals surface area contributed by atoms with Gasteiger partial charge in [-0.05, 0) is 24.8 Å². The summed E-state index contributed by atoms with van der Waals surface area (Å²) in [5, 5.41) is 3.02. The zero-order valence-corrected chi connectivity index (χ0v) is 14.6. The highest BCUT2D eigenvalue weighted by atomic mass is 32.2. The molecule has 1 fully saturated rings.